The van der Waals surface area contributed by atoms with Crippen LogP contribution < -0.4 is 5.32 Å². The fraction of sp³-hybridized carbons (Fsp3) is 0.500. The van der Waals surface area contributed by atoms with Gasteiger partial charge in [0.1, 0.15) is 0 Å². The van der Waals surface area contributed by atoms with Crippen molar-refractivity contribution < 1.29 is 9.90 Å². The van der Waals surface area contributed by atoms with Crippen molar-refractivity contribution in [1.29, 1.82) is 0 Å². The molecule has 2 aromatic rings. The molecule has 2 rings (SSSR count). The van der Waals surface area contributed by atoms with Crippen LogP contribution in [0.15, 0.2) is 30.5 Å². The Balaban J connectivity index is 1.97. The van der Waals surface area contributed by atoms with Gasteiger partial charge in [0.2, 0.25) is 5.91 Å². The minimum atomic E-state index is -0.466. The van der Waals surface area contributed by atoms with Gasteiger partial charge in [-0.3, -0.25) is 4.79 Å². The first-order valence-corrected chi connectivity index (χ1v) is 8.04. The maximum absolute atomic E-state index is 12.1. The van der Waals surface area contributed by atoms with E-state index in [9.17, 15) is 9.90 Å². The summed E-state index contributed by atoms with van der Waals surface area (Å²) < 4.78 is 2.04. The second kappa shape index (κ2) is 7.45. The van der Waals surface area contributed by atoms with E-state index in [1.54, 1.807) is 0 Å². The molecule has 0 bridgehead atoms. The maximum atomic E-state index is 12.1. The molecule has 4 heteroatoms. The van der Waals surface area contributed by atoms with E-state index in [4.69, 9.17) is 0 Å². The van der Waals surface area contributed by atoms with E-state index < -0.39 is 6.10 Å². The smallest absolute Gasteiger partial charge is 0.224 e. The molecule has 4 nitrogen and oxygen atoms in total. The number of fused-ring (bicyclic) bond motifs is 1. The Labute approximate surface area is 132 Å². The van der Waals surface area contributed by atoms with Crippen molar-refractivity contribution in [2.75, 3.05) is 6.54 Å². The number of carbonyl (C=O) groups is 1. The van der Waals surface area contributed by atoms with Gasteiger partial charge in [-0.1, -0.05) is 44.9 Å². The van der Waals surface area contributed by atoms with Crippen LogP contribution in [-0.2, 0) is 18.3 Å². The zero-order valence-electron chi connectivity index (χ0n) is 13.7. The molecule has 0 radical (unpaired) electrons. The van der Waals surface area contributed by atoms with Crippen LogP contribution in [0, 0.1) is 5.92 Å². The number of hydrogen-bond acceptors (Lipinski definition) is 2. The van der Waals surface area contributed by atoms with Crippen molar-refractivity contribution in [3.8, 4) is 0 Å². The van der Waals surface area contributed by atoms with Gasteiger partial charge in [-0.15, -0.1) is 0 Å². The summed E-state index contributed by atoms with van der Waals surface area (Å²) in [4.78, 5) is 12.1. The van der Waals surface area contributed by atoms with Crippen molar-refractivity contribution in [3.05, 3.63) is 36.0 Å². The highest BCUT2D eigenvalue weighted by atomic mass is 16.3. The third-order valence-electron chi connectivity index (χ3n) is 4.43. The van der Waals surface area contributed by atoms with Crippen LogP contribution in [0.3, 0.4) is 0 Å². The third kappa shape index (κ3) is 3.69. The molecule has 1 atom stereocenters. The average molecular weight is 302 g/mol. The predicted molar refractivity (Wildman–Crippen MR) is 89.7 cm³/mol. The second-order valence-corrected chi connectivity index (χ2v) is 5.91. The number of aliphatic hydroxyl groups excluding tert-OH is 1. The molecule has 0 fully saturated rings. The number of rotatable bonds is 7. The van der Waals surface area contributed by atoms with E-state index in [1.807, 2.05) is 42.1 Å². The molecule has 1 aromatic carbocycles. The predicted octanol–water partition coefficient (Wildman–Crippen LogP) is 2.63. The average Bonchev–Trinajstić information content (AvgIpc) is 2.83. The van der Waals surface area contributed by atoms with Crippen LogP contribution in [0.2, 0.25) is 0 Å². The first-order valence-electron chi connectivity index (χ1n) is 8.04. The summed E-state index contributed by atoms with van der Waals surface area (Å²) in [6.07, 6.45) is 3.73. The van der Waals surface area contributed by atoms with Crippen LogP contribution >= 0.6 is 0 Å². The summed E-state index contributed by atoms with van der Waals surface area (Å²) in [6, 6.07) is 8.07. The fourth-order valence-corrected chi connectivity index (χ4v) is 3.02. The van der Waals surface area contributed by atoms with Gasteiger partial charge in [-0.25, -0.2) is 0 Å². The molecule has 1 heterocycles. The van der Waals surface area contributed by atoms with Gasteiger partial charge in [0.15, 0.2) is 0 Å². The summed E-state index contributed by atoms with van der Waals surface area (Å²) in [5.41, 5.74) is 2.15. The topological polar surface area (TPSA) is 54.3 Å². The number of amides is 1. The van der Waals surface area contributed by atoms with Gasteiger partial charge in [0.05, 0.1) is 12.5 Å². The summed E-state index contributed by atoms with van der Waals surface area (Å²) in [7, 11) is 1.99. The van der Waals surface area contributed by atoms with Crippen LogP contribution in [0.1, 0.15) is 32.3 Å². The lowest BCUT2D eigenvalue weighted by atomic mass is 9.96. The Morgan fingerprint density at radius 2 is 1.95 bits per heavy atom. The number of aromatic nitrogens is 1. The van der Waals surface area contributed by atoms with E-state index in [0.717, 1.165) is 29.3 Å². The molecule has 1 aromatic heterocycles. The molecule has 0 saturated carbocycles. The highest BCUT2D eigenvalue weighted by Crippen LogP contribution is 2.20. The molecule has 0 spiro atoms. The Kier molecular flexibility index (Phi) is 5.61. The standard InChI is InChI=1S/C18H26N2O2/c1-4-13(5-2)17(21)11-19-18(22)10-14-12-20(3)16-9-7-6-8-15(14)16/h6-9,12-13,17,21H,4-5,10-11H2,1-3H3,(H,19,22). The first kappa shape index (κ1) is 16.6. The molecule has 0 aliphatic rings. The lowest BCUT2D eigenvalue weighted by Crippen LogP contribution is -2.36. The van der Waals surface area contributed by atoms with Gasteiger partial charge in [0, 0.05) is 30.7 Å². The first-order chi connectivity index (χ1) is 10.6. The molecule has 120 valence electrons. The minimum Gasteiger partial charge on any atom is -0.391 e. The molecule has 1 unspecified atom stereocenters. The third-order valence-corrected chi connectivity index (χ3v) is 4.43. The van der Waals surface area contributed by atoms with E-state index in [0.29, 0.717) is 13.0 Å². The maximum Gasteiger partial charge on any atom is 0.224 e. The van der Waals surface area contributed by atoms with Gasteiger partial charge in [0.25, 0.3) is 0 Å². The monoisotopic (exact) mass is 302 g/mol. The van der Waals surface area contributed by atoms with E-state index in [2.05, 4.69) is 19.2 Å². The number of aliphatic hydroxyl groups is 1. The number of nitrogens with one attached hydrogen (secondary N) is 1. The lowest BCUT2D eigenvalue weighted by Gasteiger charge is -2.20. The Morgan fingerprint density at radius 3 is 2.64 bits per heavy atom. The molecule has 2 N–H and O–H groups in total. The van der Waals surface area contributed by atoms with Crippen molar-refractivity contribution in [2.24, 2.45) is 13.0 Å². The molecule has 0 aliphatic carbocycles. The highest BCUT2D eigenvalue weighted by molar-refractivity contribution is 5.89. The zero-order chi connectivity index (χ0) is 16.1. The number of aryl methyl sites for hydroxylation is 1. The molecule has 0 aliphatic heterocycles. The zero-order valence-corrected chi connectivity index (χ0v) is 13.7. The molecular weight excluding hydrogens is 276 g/mol. The number of hydrogen-bond donors (Lipinski definition) is 2. The quantitative estimate of drug-likeness (QED) is 0.826. The summed E-state index contributed by atoms with van der Waals surface area (Å²) in [5.74, 6) is 0.208. The molecule has 1 amide bonds. The normalized spacial score (nSPS) is 12.8. The van der Waals surface area contributed by atoms with Crippen molar-refractivity contribution >= 4 is 16.8 Å². The molecule has 22 heavy (non-hydrogen) atoms. The highest BCUT2D eigenvalue weighted by Gasteiger charge is 2.17. The molecular formula is C18H26N2O2. The van der Waals surface area contributed by atoms with Crippen molar-refractivity contribution in [1.82, 2.24) is 9.88 Å². The lowest BCUT2D eigenvalue weighted by molar-refractivity contribution is -0.121. The fourth-order valence-electron chi connectivity index (χ4n) is 3.02. The molecule has 0 saturated heterocycles. The van der Waals surface area contributed by atoms with E-state index in [1.165, 1.54) is 0 Å². The Hall–Kier alpha value is -1.81. The Bertz CT molecular complexity index is 629. The number of para-hydroxylation sites is 1. The van der Waals surface area contributed by atoms with E-state index in [-0.39, 0.29) is 11.8 Å². The largest absolute Gasteiger partial charge is 0.391 e. The SMILES string of the molecule is CCC(CC)C(O)CNC(=O)Cc1cn(C)c2ccccc12. The van der Waals surface area contributed by atoms with Crippen molar-refractivity contribution in [3.63, 3.8) is 0 Å². The van der Waals surface area contributed by atoms with Gasteiger partial charge in [-0.2, -0.15) is 0 Å². The van der Waals surface area contributed by atoms with Crippen molar-refractivity contribution in [2.45, 2.75) is 39.2 Å². The number of benzene rings is 1. The summed E-state index contributed by atoms with van der Waals surface area (Å²) >= 11 is 0. The van der Waals surface area contributed by atoms with Crippen LogP contribution in [-0.4, -0.2) is 28.2 Å². The van der Waals surface area contributed by atoms with E-state index >= 15 is 0 Å². The number of carbonyl (C=O) groups excluding carboxylic acids is 1. The summed E-state index contributed by atoms with van der Waals surface area (Å²) in [6.45, 7) is 4.46. The number of nitrogens with zero attached hydrogens (tertiary/aromatic N) is 1. The van der Waals surface area contributed by atoms with Crippen LogP contribution in [0.5, 0.6) is 0 Å². The Morgan fingerprint density at radius 1 is 1.27 bits per heavy atom. The van der Waals surface area contributed by atoms with Gasteiger partial charge < -0.3 is 15.0 Å². The van der Waals surface area contributed by atoms with Crippen LogP contribution in [0.4, 0.5) is 0 Å². The summed E-state index contributed by atoms with van der Waals surface area (Å²) in [5, 5.41) is 14.0. The minimum absolute atomic E-state index is 0.0404. The van der Waals surface area contributed by atoms with Gasteiger partial charge in [-0.05, 0) is 17.5 Å². The van der Waals surface area contributed by atoms with Crippen LogP contribution in [0.25, 0.3) is 10.9 Å². The van der Waals surface area contributed by atoms with Gasteiger partial charge >= 0.3 is 0 Å². The second-order valence-electron chi connectivity index (χ2n) is 5.91.